The molecule has 128 valence electrons. The predicted octanol–water partition coefficient (Wildman–Crippen LogP) is 6.62. The molecule has 0 amide bonds. The number of halogens is 1. The third-order valence-electron chi connectivity index (χ3n) is 5.24. The van der Waals surface area contributed by atoms with E-state index in [1.165, 1.54) is 33.6 Å². The van der Waals surface area contributed by atoms with E-state index in [0.717, 1.165) is 24.4 Å². The highest BCUT2D eigenvalue weighted by Gasteiger charge is 2.35. The average molecular weight is 350 g/mol. The van der Waals surface area contributed by atoms with E-state index >= 15 is 0 Å². The topological polar surface area (TPSA) is 4.93 Å². The van der Waals surface area contributed by atoms with E-state index in [4.69, 9.17) is 11.6 Å². The van der Waals surface area contributed by atoms with Gasteiger partial charge in [-0.15, -0.1) is 0 Å². The van der Waals surface area contributed by atoms with Crippen molar-refractivity contribution in [2.45, 2.75) is 40.2 Å². The number of benzene rings is 2. The van der Waals surface area contributed by atoms with E-state index in [-0.39, 0.29) is 0 Å². The lowest BCUT2D eigenvalue weighted by molar-refractivity contribution is 0.356. The van der Waals surface area contributed by atoms with Crippen LogP contribution in [0.1, 0.15) is 32.2 Å². The smallest absolute Gasteiger partial charge is 0.0406 e. The van der Waals surface area contributed by atoms with E-state index in [9.17, 15) is 0 Å². The SMILES string of the molecule is CCc1c(-c2ccc(Cl)cc2)c(-c2ccccc2)c2n1CC(C)(C)C2. The van der Waals surface area contributed by atoms with Gasteiger partial charge in [-0.05, 0) is 41.5 Å². The monoisotopic (exact) mass is 349 g/mol. The summed E-state index contributed by atoms with van der Waals surface area (Å²) in [5.41, 5.74) is 8.62. The second-order valence-corrected chi connectivity index (χ2v) is 8.23. The Balaban J connectivity index is 2.02. The van der Waals surface area contributed by atoms with E-state index < -0.39 is 0 Å². The van der Waals surface area contributed by atoms with Gasteiger partial charge >= 0.3 is 0 Å². The van der Waals surface area contributed by atoms with Gasteiger partial charge in [0.1, 0.15) is 0 Å². The number of hydrogen-bond acceptors (Lipinski definition) is 0. The Morgan fingerprint density at radius 2 is 1.56 bits per heavy atom. The van der Waals surface area contributed by atoms with E-state index in [1.807, 2.05) is 12.1 Å². The minimum absolute atomic E-state index is 0.321. The Labute approximate surface area is 155 Å². The fourth-order valence-electron chi connectivity index (χ4n) is 4.24. The predicted molar refractivity (Wildman–Crippen MR) is 107 cm³/mol. The van der Waals surface area contributed by atoms with Gasteiger partial charge in [0.15, 0.2) is 0 Å². The lowest BCUT2D eigenvalue weighted by Gasteiger charge is -2.18. The number of fused-ring (bicyclic) bond motifs is 1. The second kappa shape index (κ2) is 6.07. The summed E-state index contributed by atoms with van der Waals surface area (Å²) in [5.74, 6) is 0. The van der Waals surface area contributed by atoms with Crippen LogP contribution < -0.4 is 0 Å². The van der Waals surface area contributed by atoms with Gasteiger partial charge < -0.3 is 4.57 Å². The molecule has 3 aromatic rings. The van der Waals surface area contributed by atoms with Crippen LogP contribution in [0.2, 0.25) is 5.02 Å². The first kappa shape index (κ1) is 16.5. The van der Waals surface area contributed by atoms with Crippen molar-refractivity contribution in [2.24, 2.45) is 5.41 Å². The summed E-state index contributed by atoms with van der Waals surface area (Å²) in [5, 5.41) is 0.788. The van der Waals surface area contributed by atoms with E-state index in [2.05, 4.69) is 67.8 Å². The standard InChI is InChI=1S/C23H24ClN/c1-4-19-21(17-10-12-18(24)13-11-17)22(16-8-6-5-7-9-16)20-14-23(2,3)15-25(19)20/h5-13H,4,14-15H2,1-3H3. The molecule has 2 heteroatoms. The van der Waals surface area contributed by atoms with Crippen LogP contribution in [0.5, 0.6) is 0 Å². The van der Waals surface area contributed by atoms with Crippen molar-refractivity contribution in [1.82, 2.24) is 4.57 Å². The molecule has 0 saturated carbocycles. The molecule has 1 aliphatic rings. The Morgan fingerprint density at radius 3 is 2.20 bits per heavy atom. The zero-order valence-electron chi connectivity index (χ0n) is 15.1. The molecule has 0 N–H and O–H groups in total. The van der Waals surface area contributed by atoms with Crippen molar-refractivity contribution in [1.29, 1.82) is 0 Å². The van der Waals surface area contributed by atoms with Crippen LogP contribution in [-0.2, 0) is 19.4 Å². The van der Waals surface area contributed by atoms with Gasteiger partial charge in [-0.3, -0.25) is 0 Å². The molecule has 1 aliphatic heterocycles. The molecule has 25 heavy (non-hydrogen) atoms. The molecule has 0 aliphatic carbocycles. The molecular formula is C23H24ClN. The summed E-state index contributed by atoms with van der Waals surface area (Å²) in [7, 11) is 0. The molecule has 0 fully saturated rings. The van der Waals surface area contributed by atoms with Crippen molar-refractivity contribution in [3.63, 3.8) is 0 Å². The van der Waals surface area contributed by atoms with Gasteiger partial charge in [-0.1, -0.05) is 74.8 Å². The van der Waals surface area contributed by atoms with Crippen molar-refractivity contribution in [3.8, 4) is 22.3 Å². The zero-order chi connectivity index (χ0) is 17.6. The van der Waals surface area contributed by atoms with Crippen molar-refractivity contribution in [2.75, 3.05) is 0 Å². The first-order valence-electron chi connectivity index (χ1n) is 9.06. The summed E-state index contributed by atoms with van der Waals surface area (Å²) in [4.78, 5) is 0. The molecule has 0 spiro atoms. The van der Waals surface area contributed by atoms with Crippen LogP contribution in [-0.4, -0.2) is 4.57 Å². The van der Waals surface area contributed by atoms with E-state index in [1.54, 1.807) is 0 Å². The first-order chi connectivity index (χ1) is 12.0. The van der Waals surface area contributed by atoms with Crippen LogP contribution in [0.25, 0.3) is 22.3 Å². The Morgan fingerprint density at radius 1 is 0.920 bits per heavy atom. The molecular weight excluding hydrogens is 326 g/mol. The third-order valence-corrected chi connectivity index (χ3v) is 5.49. The normalized spacial score (nSPS) is 15.4. The highest BCUT2D eigenvalue weighted by Crippen LogP contribution is 2.46. The molecule has 0 radical (unpaired) electrons. The van der Waals surface area contributed by atoms with Gasteiger partial charge in [0.2, 0.25) is 0 Å². The van der Waals surface area contributed by atoms with Gasteiger partial charge in [0, 0.05) is 34.1 Å². The van der Waals surface area contributed by atoms with Crippen molar-refractivity contribution < 1.29 is 0 Å². The first-order valence-corrected chi connectivity index (χ1v) is 9.43. The lowest BCUT2D eigenvalue weighted by atomic mass is 9.86. The largest absolute Gasteiger partial charge is 0.347 e. The Hall–Kier alpha value is -1.99. The van der Waals surface area contributed by atoms with Gasteiger partial charge in [0.25, 0.3) is 0 Å². The maximum Gasteiger partial charge on any atom is 0.0406 e. The van der Waals surface area contributed by atoms with Crippen LogP contribution >= 0.6 is 11.6 Å². The average Bonchev–Trinajstić information content (AvgIpc) is 3.06. The maximum absolute atomic E-state index is 6.14. The molecule has 1 aromatic heterocycles. The van der Waals surface area contributed by atoms with Crippen LogP contribution in [0, 0.1) is 5.41 Å². The van der Waals surface area contributed by atoms with Gasteiger partial charge in [0.05, 0.1) is 0 Å². The Kier molecular flexibility index (Phi) is 4.00. The minimum Gasteiger partial charge on any atom is -0.347 e. The van der Waals surface area contributed by atoms with Crippen molar-refractivity contribution in [3.05, 3.63) is 71.0 Å². The number of hydrogen-bond donors (Lipinski definition) is 0. The molecule has 2 aromatic carbocycles. The Bertz CT molecular complexity index is 902. The fraction of sp³-hybridized carbons (Fsp3) is 0.304. The molecule has 0 bridgehead atoms. The zero-order valence-corrected chi connectivity index (χ0v) is 15.9. The second-order valence-electron chi connectivity index (χ2n) is 7.80. The molecule has 4 rings (SSSR count). The summed E-state index contributed by atoms with van der Waals surface area (Å²) in [6.07, 6.45) is 2.16. The minimum atomic E-state index is 0.321. The van der Waals surface area contributed by atoms with Crippen LogP contribution in [0.4, 0.5) is 0 Å². The summed E-state index contributed by atoms with van der Waals surface area (Å²) < 4.78 is 2.58. The summed E-state index contributed by atoms with van der Waals surface area (Å²) >= 11 is 6.14. The highest BCUT2D eigenvalue weighted by atomic mass is 35.5. The van der Waals surface area contributed by atoms with Crippen LogP contribution in [0.3, 0.4) is 0 Å². The number of aromatic nitrogens is 1. The molecule has 0 saturated heterocycles. The molecule has 2 heterocycles. The van der Waals surface area contributed by atoms with Crippen molar-refractivity contribution >= 4 is 11.6 Å². The molecule has 1 nitrogen and oxygen atoms in total. The number of nitrogens with zero attached hydrogens (tertiary/aromatic N) is 1. The number of rotatable bonds is 3. The highest BCUT2D eigenvalue weighted by molar-refractivity contribution is 6.30. The molecule has 0 atom stereocenters. The molecule has 0 unspecified atom stereocenters. The fourth-order valence-corrected chi connectivity index (χ4v) is 4.37. The lowest BCUT2D eigenvalue weighted by Crippen LogP contribution is -2.14. The van der Waals surface area contributed by atoms with Gasteiger partial charge in [-0.25, -0.2) is 0 Å². The van der Waals surface area contributed by atoms with E-state index in [0.29, 0.717) is 5.41 Å². The summed E-state index contributed by atoms with van der Waals surface area (Å²) in [6.45, 7) is 8.10. The van der Waals surface area contributed by atoms with Crippen LogP contribution in [0.15, 0.2) is 54.6 Å². The quantitative estimate of drug-likeness (QED) is 0.500. The van der Waals surface area contributed by atoms with Gasteiger partial charge in [-0.2, -0.15) is 0 Å². The summed E-state index contributed by atoms with van der Waals surface area (Å²) in [6, 6.07) is 19.1. The third kappa shape index (κ3) is 2.81. The maximum atomic E-state index is 6.14.